The van der Waals surface area contributed by atoms with E-state index in [1.807, 2.05) is 30.1 Å². The molecule has 0 aliphatic carbocycles. The van der Waals surface area contributed by atoms with Crippen LogP contribution in [0.5, 0.6) is 0 Å². The molecule has 0 radical (unpaired) electrons. The van der Waals surface area contributed by atoms with Gasteiger partial charge in [0.25, 0.3) is 11.8 Å². The van der Waals surface area contributed by atoms with Crippen LogP contribution in [-0.2, 0) is 24.5 Å². The van der Waals surface area contributed by atoms with E-state index in [0.717, 1.165) is 21.8 Å². The number of rotatable bonds is 3. The number of imide groups is 1. The maximum atomic E-state index is 12.8. The van der Waals surface area contributed by atoms with Crippen molar-refractivity contribution < 1.29 is 19.1 Å². The maximum absolute atomic E-state index is 12.8. The van der Waals surface area contributed by atoms with Gasteiger partial charge in [0, 0.05) is 30.9 Å². The molecule has 30 heavy (non-hydrogen) atoms. The summed E-state index contributed by atoms with van der Waals surface area (Å²) in [7, 11) is 3.21. The topological polar surface area (TPSA) is 90.7 Å². The van der Waals surface area contributed by atoms with Crippen molar-refractivity contribution in [2.45, 2.75) is 26.2 Å². The number of nitriles is 1. The van der Waals surface area contributed by atoms with E-state index in [2.05, 4.69) is 19.9 Å². The standard InChI is InChI=1S/C23H23N3O4/c1-6-30-22(29)19-14(20(27)26(5)21(28)15(19)13-24)11-12-18-23(2,3)16-9-7-8-10-17(16)25(18)4/h7-12H,6H2,1-5H3/b14-11+,18-12-. The van der Waals surface area contributed by atoms with E-state index in [-0.39, 0.29) is 23.2 Å². The quantitative estimate of drug-likeness (QED) is 0.436. The van der Waals surface area contributed by atoms with Crippen LogP contribution >= 0.6 is 0 Å². The zero-order valence-electron chi connectivity index (χ0n) is 17.6. The van der Waals surface area contributed by atoms with Crippen LogP contribution in [-0.4, -0.2) is 43.4 Å². The number of carbonyl (C=O) groups is 3. The number of likely N-dealkylation sites (N-methyl/N-ethyl adjacent to an activating group) is 2. The molecule has 0 aromatic heterocycles. The number of para-hydroxylation sites is 1. The Morgan fingerprint density at radius 1 is 1.13 bits per heavy atom. The molecule has 2 aliphatic rings. The van der Waals surface area contributed by atoms with Crippen molar-refractivity contribution in [2.24, 2.45) is 0 Å². The van der Waals surface area contributed by atoms with Gasteiger partial charge in [0.15, 0.2) is 0 Å². The highest BCUT2D eigenvalue weighted by molar-refractivity contribution is 6.24. The van der Waals surface area contributed by atoms with Gasteiger partial charge < -0.3 is 9.64 Å². The lowest BCUT2D eigenvalue weighted by molar-refractivity contribution is -0.143. The number of hydrogen-bond donors (Lipinski definition) is 0. The van der Waals surface area contributed by atoms with Gasteiger partial charge in [-0.2, -0.15) is 5.26 Å². The summed E-state index contributed by atoms with van der Waals surface area (Å²) in [4.78, 5) is 40.6. The van der Waals surface area contributed by atoms with Gasteiger partial charge in [-0.1, -0.05) is 32.0 Å². The van der Waals surface area contributed by atoms with Crippen molar-refractivity contribution in [3.8, 4) is 6.07 Å². The molecule has 7 heteroatoms. The number of fused-ring (bicyclic) bond motifs is 1. The minimum atomic E-state index is -0.865. The molecule has 0 N–H and O–H groups in total. The van der Waals surface area contributed by atoms with Crippen molar-refractivity contribution in [3.05, 3.63) is 64.4 Å². The molecular formula is C23H23N3O4. The van der Waals surface area contributed by atoms with E-state index in [4.69, 9.17) is 4.74 Å². The normalized spacial score (nSPS) is 20.7. The summed E-state index contributed by atoms with van der Waals surface area (Å²) in [6, 6.07) is 9.75. The minimum Gasteiger partial charge on any atom is -0.462 e. The molecule has 0 saturated carbocycles. The largest absolute Gasteiger partial charge is 0.462 e. The minimum absolute atomic E-state index is 0.0419. The number of carbonyl (C=O) groups excluding carboxylic acids is 3. The molecule has 2 heterocycles. The smallest absolute Gasteiger partial charge is 0.340 e. The SMILES string of the molecule is CCOC(=O)C1=C(C#N)C(=O)N(C)C(=O)/C1=C/C=C1\N(C)c2ccccc2C1(C)C. The Kier molecular flexibility index (Phi) is 5.36. The highest BCUT2D eigenvalue weighted by atomic mass is 16.5. The third-order valence-corrected chi connectivity index (χ3v) is 5.51. The highest BCUT2D eigenvalue weighted by Crippen LogP contribution is 2.46. The molecular weight excluding hydrogens is 382 g/mol. The third-order valence-electron chi connectivity index (χ3n) is 5.51. The summed E-state index contributed by atoms with van der Waals surface area (Å²) >= 11 is 0. The highest BCUT2D eigenvalue weighted by Gasteiger charge is 2.40. The Hall–Kier alpha value is -3.66. The number of amides is 2. The first kappa shape index (κ1) is 21.1. The van der Waals surface area contributed by atoms with Gasteiger partial charge in [0.1, 0.15) is 11.6 Å². The molecule has 0 unspecified atom stereocenters. The molecule has 154 valence electrons. The Labute approximate surface area is 175 Å². The summed E-state index contributed by atoms with van der Waals surface area (Å²) in [5.74, 6) is -2.34. The van der Waals surface area contributed by atoms with Gasteiger partial charge in [-0.3, -0.25) is 14.5 Å². The first-order valence-electron chi connectivity index (χ1n) is 9.56. The Bertz CT molecular complexity index is 1090. The first-order chi connectivity index (χ1) is 14.2. The van der Waals surface area contributed by atoms with Gasteiger partial charge >= 0.3 is 5.97 Å². The second-order valence-electron chi connectivity index (χ2n) is 7.59. The lowest BCUT2D eigenvalue weighted by atomic mass is 9.83. The molecule has 0 fully saturated rings. The van der Waals surface area contributed by atoms with Crippen molar-refractivity contribution >= 4 is 23.5 Å². The summed E-state index contributed by atoms with van der Waals surface area (Å²) in [6.45, 7) is 5.81. The van der Waals surface area contributed by atoms with E-state index in [1.165, 1.54) is 13.1 Å². The van der Waals surface area contributed by atoms with Crippen LogP contribution in [0, 0.1) is 11.3 Å². The number of nitrogens with zero attached hydrogens (tertiary/aromatic N) is 3. The number of esters is 1. The van der Waals surface area contributed by atoms with Gasteiger partial charge in [0.05, 0.1) is 17.8 Å². The van der Waals surface area contributed by atoms with Gasteiger partial charge in [0.2, 0.25) is 0 Å². The first-order valence-corrected chi connectivity index (χ1v) is 9.56. The van der Waals surface area contributed by atoms with Crippen LogP contribution in [0.15, 0.2) is 58.8 Å². The number of benzene rings is 1. The predicted octanol–water partition coefficient (Wildman–Crippen LogP) is 2.61. The van der Waals surface area contributed by atoms with E-state index in [1.54, 1.807) is 19.1 Å². The lowest BCUT2D eigenvalue weighted by Gasteiger charge is -2.25. The second kappa shape index (κ2) is 7.64. The molecule has 0 atom stereocenters. The Morgan fingerprint density at radius 2 is 1.80 bits per heavy atom. The fraction of sp³-hybridized carbons (Fsp3) is 0.304. The fourth-order valence-corrected chi connectivity index (χ4v) is 3.93. The zero-order chi connectivity index (χ0) is 22.2. The van der Waals surface area contributed by atoms with Gasteiger partial charge in [-0.25, -0.2) is 4.79 Å². The van der Waals surface area contributed by atoms with E-state index in [0.29, 0.717) is 0 Å². The summed E-state index contributed by atoms with van der Waals surface area (Å²) < 4.78 is 5.02. The van der Waals surface area contributed by atoms with Crippen LogP contribution in [0.2, 0.25) is 0 Å². The lowest BCUT2D eigenvalue weighted by Crippen LogP contribution is -2.41. The Balaban J connectivity index is 2.18. The molecule has 2 amide bonds. The fourth-order valence-electron chi connectivity index (χ4n) is 3.93. The molecule has 2 aliphatic heterocycles. The Morgan fingerprint density at radius 3 is 2.40 bits per heavy atom. The molecule has 1 aromatic rings. The van der Waals surface area contributed by atoms with Crippen LogP contribution in [0.1, 0.15) is 26.3 Å². The number of allylic oxidation sites excluding steroid dienone is 3. The second-order valence-corrected chi connectivity index (χ2v) is 7.59. The molecule has 0 spiro atoms. The van der Waals surface area contributed by atoms with Gasteiger partial charge in [-0.05, 0) is 30.7 Å². The average molecular weight is 405 g/mol. The van der Waals surface area contributed by atoms with Crippen molar-refractivity contribution in [1.82, 2.24) is 4.90 Å². The third kappa shape index (κ3) is 3.11. The van der Waals surface area contributed by atoms with E-state index < -0.39 is 23.4 Å². The monoisotopic (exact) mass is 405 g/mol. The molecule has 0 saturated heterocycles. The number of anilines is 1. The summed E-state index contributed by atoms with van der Waals surface area (Å²) in [5, 5.41) is 9.47. The van der Waals surface area contributed by atoms with Crippen LogP contribution < -0.4 is 4.90 Å². The van der Waals surface area contributed by atoms with E-state index in [9.17, 15) is 19.6 Å². The average Bonchev–Trinajstić information content (AvgIpc) is 2.91. The molecule has 7 nitrogen and oxygen atoms in total. The zero-order valence-corrected chi connectivity index (χ0v) is 17.6. The maximum Gasteiger partial charge on any atom is 0.340 e. The molecule has 0 bridgehead atoms. The number of ether oxygens (including phenoxy) is 1. The van der Waals surface area contributed by atoms with Crippen LogP contribution in [0.4, 0.5) is 5.69 Å². The van der Waals surface area contributed by atoms with Crippen molar-refractivity contribution in [1.29, 1.82) is 5.26 Å². The predicted molar refractivity (Wildman–Crippen MR) is 111 cm³/mol. The van der Waals surface area contributed by atoms with E-state index >= 15 is 0 Å². The van der Waals surface area contributed by atoms with Crippen molar-refractivity contribution in [3.63, 3.8) is 0 Å². The van der Waals surface area contributed by atoms with Crippen LogP contribution in [0.25, 0.3) is 0 Å². The van der Waals surface area contributed by atoms with Crippen LogP contribution in [0.3, 0.4) is 0 Å². The van der Waals surface area contributed by atoms with Crippen molar-refractivity contribution in [2.75, 3.05) is 25.6 Å². The number of hydrogen-bond acceptors (Lipinski definition) is 6. The summed E-state index contributed by atoms with van der Waals surface area (Å²) in [5.41, 5.74) is 2.02. The van der Waals surface area contributed by atoms with Gasteiger partial charge in [-0.15, -0.1) is 0 Å². The summed E-state index contributed by atoms with van der Waals surface area (Å²) in [6.07, 6.45) is 3.25. The molecule has 3 rings (SSSR count). The molecule has 1 aromatic carbocycles.